The summed E-state index contributed by atoms with van der Waals surface area (Å²) >= 11 is 0. The predicted molar refractivity (Wildman–Crippen MR) is 110 cm³/mol. The van der Waals surface area contributed by atoms with Crippen LogP contribution in [0.25, 0.3) is 0 Å². The van der Waals surface area contributed by atoms with E-state index in [2.05, 4.69) is 0 Å². The number of hydrogen-bond acceptors (Lipinski definition) is 7. The molecule has 1 aromatic rings. The minimum atomic E-state index is -0.827. The molecule has 0 bridgehead atoms. The number of phenolic OH excluding ortho intramolecular Hbond substituents is 1. The second-order valence-electron chi connectivity index (χ2n) is 8.64. The van der Waals surface area contributed by atoms with Gasteiger partial charge in [-0.25, -0.2) is 0 Å². The van der Waals surface area contributed by atoms with Gasteiger partial charge in [-0.1, -0.05) is 11.6 Å². The summed E-state index contributed by atoms with van der Waals surface area (Å²) in [5.41, 5.74) is 1.97. The third-order valence-corrected chi connectivity index (χ3v) is 7.09. The molecule has 1 fully saturated rings. The number of carbonyl (C=O) groups is 4. The second-order valence-corrected chi connectivity index (χ2v) is 8.64. The van der Waals surface area contributed by atoms with E-state index < -0.39 is 35.5 Å². The van der Waals surface area contributed by atoms with Gasteiger partial charge in [0.25, 0.3) is 11.8 Å². The molecule has 5 rings (SSSR count). The molecule has 2 N–H and O–H groups in total. The SMILES string of the molecule is COc1ccc(O)c(C2C3=CCC4C(=O)N(O)C(=O)C4C3CC3=C2C(=O)C(C)=CC3=O)c1. The summed E-state index contributed by atoms with van der Waals surface area (Å²) in [4.78, 5) is 51.3. The molecule has 1 heterocycles. The maximum Gasteiger partial charge on any atom is 0.257 e. The van der Waals surface area contributed by atoms with E-state index >= 15 is 0 Å². The highest BCUT2D eigenvalue weighted by Gasteiger charge is 2.56. The molecule has 1 aliphatic heterocycles. The molecule has 8 heteroatoms. The molecular formula is C24H21NO7. The van der Waals surface area contributed by atoms with E-state index in [1.54, 1.807) is 19.1 Å². The normalized spacial score (nSPS) is 29.4. The Labute approximate surface area is 183 Å². The zero-order valence-electron chi connectivity index (χ0n) is 17.5. The van der Waals surface area contributed by atoms with Crippen LogP contribution in [0.2, 0.25) is 0 Å². The molecule has 1 aromatic carbocycles. The highest BCUT2D eigenvalue weighted by molar-refractivity contribution is 6.23. The van der Waals surface area contributed by atoms with Gasteiger partial charge in [-0.15, -0.1) is 0 Å². The maximum absolute atomic E-state index is 13.2. The Morgan fingerprint density at radius 1 is 1.09 bits per heavy atom. The standard InChI is InChI=1S/C24H21NO7/c1-10-7-18(27)16-9-14-12(4-5-13-20(14)24(30)25(31)23(13)29)19(21(16)22(10)28)15-8-11(32-2)3-6-17(15)26/h3-4,6-8,13-14,19-20,26,31H,5,9H2,1-2H3. The van der Waals surface area contributed by atoms with Crippen molar-refractivity contribution in [2.24, 2.45) is 17.8 Å². The van der Waals surface area contributed by atoms with E-state index in [1.165, 1.54) is 19.3 Å². The first kappa shape index (κ1) is 20.4. The van der Waals surface area contributed by atoms with Crippen molar-refractivity contribution in [2.75, 3.05) is 7.11 Å². The van der Waals surface area contributed by atoms with Gasteiger partial charge < -0.3 is 9.84 Å². The lowest BCUT2D eigenvalue weighted by atomic mass is 9.59. The Morgan fingerprint density at radius 2 is 1.84 bits per heavy atom. The largest absolute Gasteiger partial charge is 0.508 e. The van der Waals surface area contributed by atoms with Crippen LogP contribution in [0.3, 0.4) is 0 Å². The number of benzene rings is 1. The lowest BCUT2D eigenvalue weighted by molar-refractivity contribution is -0.173. The first-order valence-corrected chi connectivity index (χ1v) is 10.4. The number of allylic oxidation sites excluding steroid dienone is 6. The average Bonchev–Trinajstić information content (AvgIpc) is 3.01. The average molecular weight is 435 g/mol. The number of amides is 2. The summed E-state index contributed by atoms with van der Waals surface area (Å²) in [6.45, 7) is 1.58. The number of ketones is 2. The van der Waals surface area contributed by atoms with Crippen molar-refractivity contribution >= 4 is 23.4 Å². The van der Waals surface area contributed by atoms with E-state index in [1.807, 2.05) is 6.08 Å². The number of rotatable bonds is 2. The van der Waals surface area contributed by atoms with Gasteiger partial charge in [-0.3, -0.25) is 24.4 Å². The fourth-order valence-electron chi connectivity index (χ4n) is 5.59. The van der Waals surface area contributed by atoms with E-state index in [-0.39, 0.29) is 46.4 Å². The van der Waals surface area contributed by atoms with Crippen LogP contribution < -0.4 is 4.74 Å². The maximum atomic E-state index is 13.2. The van der Waals surface area contributed by atoms with Gasteiger partial charge in [0.15, 0.2) is 11.6 Å². The van der Waals surface area contributed by atoms with Crippen molar-refractivity contribution in [3.8, 4) is 11.5 Å². The van der Waals surface area contributed by atoms with Gasteiger partial charge >= 0.3 is 0 Å². The molecule has 4 unspecified atom stereocenters. The molecule has 4 aliphatic rings. The third-order valence-electron chi connectivity index (χ3n) is 7.09. The van der Waals surface area contributed by atoms with Crippen LogP contribution >= 0.6 is 0 Å². The number of carbonyl (C=O) groups excluding carboxylic acids is 4. The minimum Gasteiger partial charge on any atom is -0.508 e. The van der Waals surface area contributed by atoms with Crippen LogP contribution in [0.15, 0.2) is 52.6 Å². The predicted octanol–water partition coefficient (Wildman–Crippen LogP) is 2.22. The molecule has 0 radical (unpaired) electrons. The molecular weight excluding hydrogens is 414 g/mol. The topological polar surface area (TPSA) is 121 Å². The minimum absolute atomic E-state index is 0.0728. The van der Waals surface area contributed by atoms with Crippen molar-refractivity contribution in [1.82, 2.24) is 5.06 Å². The van der Waals surface area contributed by atoms with Gasteiger partial charge in [0.2, 0.25) is 0 Å². The monoisotopic (exact) mass is 435 g/mol. The molecule has 3 aliphatic carbocycles. The van der Waals surface area contributed by atoms with E-state index in [4.69, 9.17) is 4.74 Å². The first-order valence-electron chi connectivity index (χ1n) is 10.4. The molecule has 4 atom stereocenters. The van der Waals surface area contributed by atoms with Crippen LogP contribution in [0.5, 0.6) is 11.5 Å². The summed E-state index contributed by atoms with van der Waals surface area (Å²) < 4.78 is 5.31. The number of methoxy groups -OCH3 is 1. The molecule has 8 nitrogen and oxygen atoms in total. The molecule has 1 saturated heterocycles. The van der Waals surface area contributed by atoms with Gasteiger partial charge in [-0.05, 0) is 50.0 Å². The number of imide groups is 1. The first-order chi connectivity index (χ1) is 15.2. The highest BCUT2D eigenvalue weighted by Crippen LogP contribution is 2.56. The number of hydroxylamine groups is 2. The van der Waals surface area contributed by atoms with Gasteiger partial charge in [0.05, 0.1) is 18.9 Å². The van der Waals surface area contributed by atoms with Crippen LogP contribution in [-0.2, 0) is 19.2 Å². The lowest BCUT2D eigenvalue weighted by Crippen LogP contribution is -2.39. The summed E-state index contributed by atoms with van der Waals surface area (Å²) in [5, 5.41) is 20.8. The molecule has 0 spiro atoms. The molecule has 32 heavy (non-hydrogen) atoms. The Hall–Kier alpha value is -3.52. The Morgan fingerprint density at radius 3 is 2.56 bits per heavy atom. The van der Waals surface area contributed by atoms with Crippen molar-refractivity contribution in [1.29, 1.82) is 0 Å². The zero-order chi connectivity index (χ0) is 22.9. The van der Waals surface area contributed by atoms with Crippen LogP contribution in [-0.4, -0.2) is 45.9 Å². The third kappa shape index (κ3) is 2.65. The van der Waals surface area contributed by atoms with Crippen molar-refractivity contribution in [3.05, 3.63) is 58.2 Å². The number of hydrogen-bond donors (Lipinski definition) is 2. The molecule has 2 amide bonds. The fraction of sp³-hybridized carbons (Fsp3) is 0.333. The molecule has 164 valence electrons. The van der Waals surface area contributed by atoms with Crippen LogP contribution in [0.4, 0.5) is 0 Å². The number of phenols is 1. The van der Waals surface area contributed by atoms with Crippen molar-refractivity contribution in [2.45, 2.75) is 25.7 Å². The smallest absolute Gasteiger partial charge is 0.257 e. The summed E-state index contributed by atoms with van der Waals surface area (Å²) in [6, 6.07) is 4.66. The summed E-state index contributed by atoms with van der Waals surface area (Å²) in [6.07, 6.45) is 3.44. The zero-order valence-corrected chi connectivity index (χ0v) is 17.5. The Kier molecular flexibility index (Phi) is 4.46. The second kappa shape index (κ2) is 7.00. The quantitative estimate of drug-likeness (QED) is 0.316. The number of ether oxygens (including phenoxy) is 1. The van der Waals surface area contributed by atoms with E-state index in [0.29, 0.717) is 22.5 Å². The van der Waals surface area contributed by atoms with E-state index in [9.17, 15) is 29.5 Å². The van der Waals surface area contributed by atoms with Crippen LogP contribution in [0, 0.1) is 17.8 Å². The number of aromatic hydroxyl groups is 1. The number of Topliss-reactive ketones (excluding diaryl/α,β-unsaturated/α-hetero) is 1. The highest BCUT2D eigenvalue weighted by atomic mass is 16.5. The van der Waals surface area contributed by atoms with Gasteiger partial charge in [-0.2, -0.15) is 5.06 Å². The van der Waals surface area contributed by atoms with Crippen LogP contribution in [0.1, 0.15) is 31.2 Å². The molecule has 0 aromatic heterocycles. The number of fused-ring (bicyclic) bond motifs is 3. The summed E-state index contributed by atoms with van der Waals surface area (Å²) in [7, 11) is 1.48. The van der Waals surface area contributed by atoms with Gasteiger partial charge in [0.1, 0.15) is 11.5 Å². The lowest BCUT2D eigenvalue weighted by Gasteiger charge is -2.42. The van der Waals surface area contributed by atoms with Gasteiger partial charge in [0, 0.05) is 28.2 Å². The molecule has 0 saturated carbocycles. The van der Waals surface area contributed by atoms with Crippen molar-refractivity contribution in [3.63, 3.8) is 0 Å². The Balaban J connectivity index is 1.74. The van der Waals surface area contributed by atoms with Crippen molar-refractivity contribution < 1.29 is 34.2 Å². The van der Waals surface area contributed by atoms with E-state index in [0.717, 1.165) is 0 Å². The summed E-state index contributed by atoms with van der Waals surface area (Å²) in [5.74, 6) is -4.43. The number of nitrogens with zero attached hydrogens (tertiary/aromatic N) is 1. The Bertz CT molecular complexity index is 1200. The fourth-order valence-corrected chi connectivity index (χ4v) is 5.59.